The summed E-state index contributed by atoms with van der Waals surface area (Å²) in [5.41, 5.74) is 9.77. The van der Waals surface area contributed by atoms with Crippen LogP contribution in [0, 0.1) is 5.41 Å². The summed E-state index contributed by atoms with van der Waals surface area (Å²) in [6.07, 6.45) is 2.00. The zero-order valence-corrected chi connectivity index (χ0v) is 17.3. The molecule has 0 heterocycles. The molecular weight excluding hydrogens is 352 g/mol. The normalized spacial score (nSPS) is 12.1. The van der Waals surface area contributed by atoms with Gasteiger partial charge in [0.05, 0.1) is 0 Å². The third kappa shape index (κ3) is 9.51. The molecule has 0 aromatic rings. The van der Waals surface area contributed by atoms with E-state index in [9.17, 15) is 9.59 Å². The highest BCUT2D eigenvalue weighted by Gasteiger charge is 2.42. The predicted molar refractivity (Wildman–Crippen MR) is 103 cm³/mol. The monoisotopic (exact) mass is 390 g/mol. The molecule has 0 bridgehead atoms. The molecule has 0 radical (unpaired) electrons. The van der Waals surface area contributed by atoms with Gasteiger partial charge < -0.3 is 30.4 Å². The second kappa shape index (κ2) is 14.8. The molecule has 4 N–H and O–H groups in total. The molecule has 0 saturated heterocycles. The molecule has 0 aliphatic rings. The highest BCUT2D eigenvalue weighted by atomic mass is 16.7. The van der Waals surface area contributed by atoms with Crippen molar-refractivity contribution >= 4 is 11.8 Å². The molecule has 0 aromatic carbocycles. The zero-order valence-electron chi connectivity index (χ0n) is 17.3. The first-order chi connectivity index (χ1) is 12.9. The number of hydrogen-bond donors (Lipinski definition) is 2. The smallest absolute Gasteiger partial charge is 0.233 e. The Morgan fingerprint density at radius 1 is 0.704 bits per heavy atom. The van der Waals surface area contributed by atoms with Gasteiger partial charge in [0.25, 0.3) is 0 Å². The quantitative estimate of drug-likeness (QED) is 0.273. The summed E-state index contributed by atoms with van der Waals surface area (Å²) >= 11 is 0. The van der Waals surface area contributed by atoms with Gasteiger partial charge in [0.15, 0.2) is 12.6 Å². The molecule has 2 amide bonds. The number of primary amides is 2. The van der Waals surface area contributed by atoms with Crippen molar-refractivity contribution in [3.63, 3.8) is 0 Å². The Labute approximate surface area is 163 Å². The van der Waals surface area contributed by atoms with Crippen LogP contribution in [0.1, 0.15) is 66.2 Å². The van der Waals surface area contributed by atoms with Gasteiger partial charge in [0.2, 0.25) is 11.8 Å². The molecule has 8 heteroatoms. The maximum atomic E-state index is 12.1. The van der Waals surface area contributed by atoms with E-state index in [1.54, 1.807) is 0 Å². The number of amides is 2. The van der Waals surface area contributed by atoms with Crippen LogP contribution in [-0.2, 0) is 28.5 Å². The minimum atomic E-state index is -1.38. The van der Waals surface area contributed by atoms with E-state index in [2.05, 4.69) is 0 Å². The van der Waals surface area contributed by atoms with E-state index in [1.165, 1.54) is 0 Å². The second-order valence-electron chi connectivity index (χ2n) is 6.28. The van der Waals surface area contributed by atoms with Crippen LogP contribution in [0.4, 0.5) is 0 Å². The third-order valence-corrected chi connectivity index (χ3v) is 4.44. The number of rotatable bonds is 18. The average molecular weight is 391 g/mol. The molecule has 0 aliphatic heterocycles. The predicted octanol–water partition coefficient (Wildman–Crippen LogP) is 2.08. The van der Waals surface area contributed by atoms with Gasteiger partial charge in [-0.2, -0.15) is 0 Å². The van der Waals surface area contributed by atoms with Gasteiger partial charge in [-0.1, -0.05) is 0 Å². The van der Waals surface area contributed by atoms with Crippen molar-refractivity contribution in [2.24, 2.45) is 16.9 Å². The second-order valence-corrected chi connectivity index (χ2v) is 6.28. The van der Waals surface area contributed by atoms with Gasteiger partial charge in [-0.3, -0.25) is 9.59 Å². The first-order valence-electron chi connectivity index (χ1n) is 9.94. The summed E-state index contributed by atoms with van der Waals surface area (Å²) in [6.45, 7) is 9.64. The van der Waals surface area contributed by atoms with E-state index in [1.807, 2.05) is 27.7 Å². The zero-order chi connectivity index (χ0) is 20.7. The van der Waals surface area contributed by atoms with Crippen molar-refractivity contribution in [1.82, 2.24) is 0 Å². The van der Waals surface area contributed by atoms with Gasteiger partial charge in [0, 0.05) is 26.4 Å². The highest BCUT2D eigenvalue weighted by molar-refractivity contribution is 6.03. The minimum absolute atomic E-state index is 0.266. The molecule has 0 unspecified atom stereocenters. The largest absolute Gasteiger partial charge is 0.369 e. The summed E-state index contributed by atoms with van der Waals surface area (Å²) in [5.74, 6) is -1.38. The van der Waals surface area contributed by atoms with Crippen molar-refractivity contribution in [3.05, 3.63) is 0 Å². The van der Waals surface area contributed by atoms with Gasteiger partial charge in [-0.25, -0.2) is 0 Å². The van der Waals surface area contributed by atoms with E-state index < -0.39 is 17.2 Å². The first-order valence-corrected chi connectivity index (χ1v) is 9.94. The molecule has 0 rings (SSSR count). The number of carbonyl (C=O) groups excluding carboxylic acids is 2. The molecule has 0 spiro atoms. The van der Waals surface area contributed by atoms with Gasteiger partial charge in [-0.05, 0) is 66.2 Å². The fourth-order valence-corrected chi connectivity index (χ4v) is 3.05. The van der Waals surface area contributed by atoms with Crippen LogP contribution in [0.2, 0.25) is 0 Å². The SMILES string of the molecule is CCOC(CCCC(CCCC(OCC)OCC)(C(N)=O)C(N)=O)OCC. The van der Waals surface area contributed by atoms with Crippen LogP contribution < -0.4 is 11.5 Å². The van der Waals surface area contributed by atoms with Crippen molar-refractivity contribution in [1.29, 1.82) is 0 Å². The molecule has 8 nitrogen and oxygen atoms in total. The van der Waals surface area contributed by atoms with Crippen molar-refractivity contribution in [2.45, 2.75) is 78.8 Å². The average Bonchev–Trinajstić information content (AvgIpc) is 2.60. The van der Waals surface area contributed by atoms with Crippen LogP contribution in [0.15, 0.2) is 0 Å². The van der Waals surface area contributed by atoms with E-state index in [0.29, 0.717) is 52.1 Å². The van der Waals surface area contributed by atoms with E-state index >= 15 is 0 Å². The first kappa shape index (κ1) is 25.8. The number of ether oxygens (including phenoxy) is 4. The van der Waals surface area contributed by atoms with Crippen molar-refractivity contribution in [3.8, 4) is 0 Å². The van der Waals surface area contributed by atoms with Gasteiger partial charge >= 0.3 is 0 Å². The van der Waals surface area contributed by atoms with Crippen LogP contribution >= 0.6 is 0 Å². The summed E-state index contributed by atoms with van der Waals surface area (Å²) in [7, 11) is 0. The Morgan fingerprint density at radius 2 is 1.00 bits per heavy atom. The molecule has 0 atom stereocenters. The highest BCUT2D eigenvalue weighted by Crippen LogP contribution is 2.32. The number of carbonyl (C=O) groups is 2. The minimum Gasteiger partial charge on any atom is -0.369 e. The summed E-state index contributed by atoms with van der Waals surface area (Å²) < 4.78 is 22.0. The van der Waals surface area contributed by atoms with Crippen LogP contribution in [-0.4, -0.2) is 50.8 Å². The van der Waals surface area contributed by atoms with Crippen LogP contribution in [0.5, 0.6) is 0 Å². The lowest BCUT2D eigenvalue weighted by Gasteiger charge is -2.28. The molecular formula is C19H38N2O6. The fraction of sp³-hybridized carbons (Fsp3) is 0.895. The summed E-state index contributed by atoms with van der Waals surface area (Å²) in [4.78, 5) is 24.2. The third-order valence-electron chi connectivity index (χ3n) is 4.44. The molecule has 0 aliphatic carbocycles. The topological polar surface area (TPSA) is 123 Å². The lowest BCUT2D eigenvalue weighted by atomic mass is 9.76. The summed E-state index contributed by atoms with van der Waals surface area (Å²) in [6, 6.07) is 0. The summed E-state index contributed by atoms with van der Waals surface area (Å²) in [5, 5.41) is 0. The Morgan fingerprint density at radius 3 is 1.22 bits per heavy atom. The van der Waals surface area contributed by atoms with E-state index in [0.717, 1.165) is 0 Å². The Balaban J connectivity index is 4.85. The standard InChI is InChI=1S/C19H38N2O6/c1-5-24-15(25-6-2)11-9-13-19(17(20)22,18(21)23)14-10-12-16(26-7-3)27-8-4/h15-16H,5-14H2,1-4H3,(H2,20,22)(H2,21,23). The van der Waals surface area contributed by atoms with Crippen LogP contribution in [0.25, 0.3) is 0 Å². The molecule has 0 saturated carbocycles. The van der Waals surface area contributed by atoms with E-state index in [-0.39, 0.29) is 25.4 Å². The number of hydrogen-bond acceptors (Lipinski definition) is 6. The molecule has 0 aromatic heterocycles. The fourth-order valence-electron chi connectivity index (χ4n) is 3.05. The maximum Gasteiger partial charge on any atom is 0.233 e. The number of nitrogens with two attached hydrogens (primary N) is 2. The maximum absolute atomic E-state index is 12.1. The Hall–Kier alpha value is -1.22. The molecule has 27 heavy (non-hydrogen) atoms. The van der Waals surface area contributed by atoms with Crippen molar-refractivity contribution in [2.75, 3.05) is 26.4 Å². The lowest BCUT2D eigenvalue weighted by molar-refractivity contribution is -0.149. The van der Waals surface area contributed by atoms with Gasteiger partial charge in [0.1, 0.15) is 5.41 Å². The van der Waals surface area contributed by atoms with Gasteiger partial charge in [-0.15, -0.1) is 0 Å². The lowest BCUT2D eigenvalue weighted by Crippen LogP contribution is -2.48. The van der Waals surface area contributed by atoms with Crippen molar-refractivity contribution < 1.29 is 28.5 Å². The Bertz CT molecular complexity index is 369. The molecule has 160 valence electrons. The molecule has 0 fully saturated rings. The van der Waals surface area contributed by atoms with E-state index in [4.69, 9.17) is 30.4 Å². The van der Waals surface area contributed by atoms with Crippen LogP contribution in [0.3, 0.4) is 0 Å². The Kier molecular flexibility index (Phi) is 14.1.